The fourth-order valence-electron chi connectivity index (χ4n) is 1.45. The van der Waals surface area contributed by atoms with E-state index in [1.165, 1.54) is 0 Å². The third kappa shape index (κ3) is 3.01. The average Bonchev–Trinajstić information content (AvgIpc) is 2.76. The molecule has 0 aliphatic rings. The third-order valence-corrected chi connectivity index (χ3v) is 3.34. The number of aromatic nitrogens is 1. The Labute approximate surface area is 110 Å². The molecule has 1 aromatic heterocycles. The lowest BCUT2D eigenvalue weighted by Crippen LogP contribution is -2.24. The number of rotatable bonds is 2. The molecule has 1 aromatic carbocycles. The molecular formula is C12H13N3S2. The van der Waals surface area contributed by atoms with Gasteiger partial charge in [0, 0.05) is 23.7 Å². The molecular weight excluding hydrogens is 250 g/mol. The van der Waals surface area contributed by atoms with Gasteiger partial charge in [0.25, 0.3) is 0 Å². The molecule has 0 radical (unpaired) electrons. The van der Waals surface area contributed by atoms with Gasteiger partial charge in [-0.05, 0) is 31.3 Å². The van der Waals surface area contributed by atoms with Crippen LogP contribution in [0.3, 0.4) is 0 Å². The van der Waals surface area contributed by atoms with Crippen molar-refractivity contribution in [3.05, 3.63) is 34.7 Å². The van der Waals surface area contributed by atoms with Crippen LogP contribution in [0.1, 0.15) is 5.01 Å². The normalized spacial score (nSPS) is 10.0. The van der Waals surface area contributed by atoms with Gasteiger partial charge in [-0.1, -0.05) is 12.1 Å². The van der Waals surface area contributed by atoms with Crippen molar-refractivity contribution in [2.24, 2.45) is 0 Å². The maximum absolute atomic E-state index is 5.07. The highest BCUT2D eigenvalue weighted by Gasteiger charge is 2.03. The first-order valence-electron chi connectivity index (χ1n) is 5.20. The number of thiazole rings is 1. The van der Waals surface area contributed by atoms with Gasteiger partial charge in [-0.2, -0.15) is 0 Å². The highest BCUT2D eigenvalue weighted by Crippen LogP contribution is 2.23. The van der Waals surface area contributed by atoms with Gasteiger partial charge >= 0.3 is 0 Å². The molecule has 0 bridgehead atoms. The average molecular weight is 263 g/mol. The predicted molar refractivity (Wildman–Crippen MR) is 77.6 cm³/mol. The topological polar surface area (TPSA) is 37.0 Å². The van der Waals surface area contributed by atoms with Crippen LogP contribution in [0, 0.1) is 6.92 Å². The molecule has 3 nitrogen and oxygen atoms in total. The van der Waals surface area contributed by atoms with Gasteiger partial charge in [0.15, 0.2) is 5.11 Å². The first-order chi connectivity index (χ1) is 8.19. The van der Waals surface area contributed by atoms with Crippen LogP contribution in [0.2, 0.25) is 0 Å². The van der Waals surface area contributed by atoms with Crippen molar-refractivity contribution in [2.75, 3.05) is 12.4 Å². The van der Waals surface area contributed by atoms with Gasteiger partial charge in [0.1, 0.15) is 0 Å². The van der Waals surface area contributed by atoms with Gasteiger partial charge in [0.05, 0.1) is 10.7 Å². The molecule has 0 aliphatic heterocycles. The van der Waals surface area contributed by atoms with E-state index in [1.807, 2.05) is 31.2 Å². The van der Waals surface area contributed by atoms with Crippen LogP contribution in [-0.4, -0.2) is 17.1 Å². The van der Waals surface area contributed by atoms with Crippen LogP contribution in [-0.2, 0) is 0 Å². The summed E-state index contributed by atoms with van der Waals surface area (Å²) < 4.78 is 0. The Balaban J connectivity index is 2.25. The second-order valence-electron chi connectivity index (χ2n) is 3.54. The lowest BCUT2D eigenvalue weighted by molar-refractivity contribution is 1.20. The summed E-state index contributed by atoms with van der Waals surface area (Å²) in [5, 5.41) is 9.73. The molecule has 2 rings (SSSR count). The van der Waals surface area contributed by atoms with E-state index in [-0.39, 0.29) is 0 Å². The molecule has 0 spiro atoms. The Kier molecular flexibility index (Phi) is 3.71. The van der Waals surface area contributed by atoms with Crippen LogP contribution >= 0.6 is 23.6 Å². The molecule has 2 aromatic rings. The minimum Gasteiger partial charge on any atom is -0.366 e. The molecule has 1 heterocycles. The number of hydrogen-bond donors (Lipinski definition) is 2. The summed E-state index contributed by atoms with van der Waals surface area (Å²) in [6.07, 6.45) is 0. The van der Waals surface area contributed by atoms with Gasteiger partial charge in [-0.3, -0.25) is 0 Å². The minimum atomic E-state index is 0.608. The molecule has 88 valence electrons. The van der Waals surface area contributed by atoms with Crippen molar-refractivity contribution in [1.29, 1.82) is 0 Å². The zero-order valence-corrected chi connectivity index (χ0v) is 11.3. The van der Waals surface area contributed by atoms with Crippen molar-refractivity contribution in [1.82, 2.24) is 10.3 Å². The monoisotopic (exact) mass is 263 g/mol. The SMILES string of the molecule is CNC(=S)Nc1cccc(-c2csc(C)n2)c1. The van der Waals surface area contributed by atoms with E-state index in [0.29, 0.717) is 5.11 Å². The van der Waals surface area contributed by atoms with Crippen molar-refractivity contribution < 1.29 is 0 Å². The number of anilines is 1. The Morgan fingerprint density at radius 3 is 2.88 bits per heavy atom. The summed E-state index contributed by atoms with van der Waals surface area (Å²) in [6.45, 7) is 2.01. The number of thiocarbonyl (C=S) groups is 1. The van der Waals surface area contributed by atoms with E-state index < -0.39 is 0 Å². The molecule has 5 heteroatoms. The van der Waals surface area contributed by atoms with Crippen molar-refractivity contribution in [2.45, 2.75) is 6.92 Å². The quantitative estimate of drug-likeness (QED) is 0.817. The van der Waals surface area contributed by atoms with E-state index in [0.717, 1.165) is 22.0 Å². The summed E-state index contributed by atoms with van der Waals surface area (Å²) in [5.41, 5.74) is 3.07. The fraction of sp³-hybridized carbons (Fsp3) is 0.167. The molecule has 0 unspecified atom stereocenters. The highest BCUT2D eigenvalue weighted by molar-refractivity contribution is 7.80. The van der Waals surface area contributed by atoms with Crippen LogP contribution in [0.5, 0.6) is 0 Å². The summed E-state index contributed by atoms with van der Waals surface area (Å²) in [6, 6.07) is 8.05. The Hall–Kier alpha value is -1.46. The molecule has 0 atom stereocenters. The highest BCUT2D eigenvalue weighted by atomic mass is 32.1. The lowest BCUT2D eigenvalue weighted by Gasteiger charge is -2.07. The number of aryl methyl sites for hydroxylation is 1. The van der Waals surface area contributed by atoms with Gasteiger partial charge in [-0.15, -0.1) is 11.3 Å². The molecule has 17 heavy (non-hydrogen) atoms. The second-order valence-corrected chi connectivity index (χ2v) is 5.01. The predicted octanol–water partition coefficient (Wildman–Crippen LogP) is 3.03. The molecule has 0 aliphatic carbocycles. The van der Waals surface area contributed by atoms with Crippen LogP contribution < -0.4 is 10.6 Å². The van der Waals surface area contributed by atoms with E-state index in [4.69, 9.17) is 12.2 Å². The molecule has 0 saturated carbocycles. The van der Waals surface area contributed by atoms with Crippen LogP contribution in [0.4, 0.5) is 5.69 Å². The Bertz CT molecular complexity index is 534. The number of nitrogens with zero attached hydrogens (tertiary/aromatic N) is 1. The van der Waals surface area contributed by atoms with Gasteiger partial charge in [-0.25, -0.2) is 4.98 Å². The smallest absolute Gasteiger partial charge is 0.170 e. The maximum Gasteiger partial charge on any atom is 0.170 e. The maximum atomic E-state index is 5.07. The lowest BCUT2D eigenvalue weighted by atomic mass is 10.1. The molecule has 0 amide bonds. The zero-order chi connectivity index (χ0) is 12.3. The van der Waals surface area contributed by atoms with Gasteiger partial charge in [0.2, 0.25) is 0 Å². The largest absolute Gasteiger partial charge is 0.366 e. The summed E-state index contributed by atoms with van der Waals surface area (Å²) >= 11 is 6.72. The van der Waals surface area contributed by atoms with Crippen molar-refractivity contribution >= 4 is 34.4 Å². The molecule has 0 saturated heterocycles. The Morgan fingerprint density at radius 2 is 2.24 bits per heavy atom. The van der Waals surface area contributed by atoms with E-state index in [9.17, 15) is 0 Å². The third-order valence-electron chi connectivity index (χ3n) is 2.26. The fourth-order valence-corrected chi connectivity index (χ4v) is 2.19. The summed E-state index contributed by atoms with van der Waals surface area (Å²) in [5.74, 6) is 0. The molecule has 0 fully saturated rings. The summed E-state index contributed by atoms with van der Waals surface area (Å²) in [4.78, 5) is 4.46. The van der Waals surface area contributed by atoms with E-state index in [2.05, 4.69) is 21.0 Å². The van der Waals surface area contributed by atoms with Crippen LogP contribution in [0.25, 0.3) is 11.3 Å². The molecule has 2 N–H and O–H groups in total. The van der Waals surface area contributed by atoms with E-state index >= 15 is 0 Å². The zero-order valence-electron chi connectivity index (χ0n) is 9.65. The van der Waals surface area contributed by atoms with Crippen molar-refractivity contribution in [3.8, 4) is 11.3 Å². The first-order valence-corrected chi connectivity index (χ1v) is 6.49. The second kappa shape index (κ2) is 5.25. The minimum absolute atomic E-state index is 0.608. The van der Waals surface area contributed by atoms with Crippen LogP contribution in [0.15, 0.2) is 29.6 Å². The van der Waals surface area contributed by atoms with Crippen molar-refractivity contribution in [3.63, 3.8) is 0 Å². The van der Waals surface area contributed by atoms with Gasteiger partial charge < -0.3 is 10.6 Å². The first kappa shape index (κ1) is 12.0. The number of nitrogens with one attached hydrogen (secondary N) is 2. The number of hydrogen-bond acceptors (Lipinski definition) is 3. The standard InChI is InChI=1S/C12H13N3S2/c1-8-14-11(7-17-8)9-4-3-5-10(6-9)15-12(16)13-2/h3-7H,1-2H3,(H2,13,15,16). The number of benzene rings is 1. The summed E-state index contributed by atoms with van der Waals surface area (Å²) in [7, 11) is 1.79. The Morgan fingerprint density at radius 1 is 1.41 bits per heavy atom. The van der Waals surface area contributed by atoms with E-state index in [1.54, 1.807) is 18.4 Å².